The second kappa shape index (κ2) is 7.21. The monoisotopic (exact) mass is 335 g/mol. The zero-order valence-corrected chi connectivity index (χ0v) is 13.5. The van der Waals surface area contributed by atoms with Crippen molar-refractivity contribution in [2.24, 2.45) is 0 Å². The molecule has 1 heterocycles. The zero-order chi connectivity index (χ0) is 17.1. The topological polar surface area (TPSA) is 97.3 Å². The number of nitrogens with one attached hydrogen (secondary N) is 2. The number of hydrogen-bond acceptors (Lipinski definition) is 4. The van der Waals surface area contributed by atoms with Gasteiger partial charge in [-0.2, -0.15) is 0 Å². The van der Waals surface area contributed by atoms with E-state index in [2.05, 4.69) is 9.71 Å². The average Bonchev–Trinajstić information content (AvgIpc) is 2.35. The first-order chi connectivity index (χ1) is 10.0. The maximum Gasteiger partial charge on any atom is 0.409 e. The van der Waals surface area contributed by atoms with E-state index in [1.165, 1.54) is 6.20 Å². The lowest BCUT2D eigenvalue weighted by molar-refractivity contribution is 0.149. The molecule has 0 spiro atoms. The summed E-state index contributed by atoms with van der Waals surface area (Å²) >= 11 is -1.48. The highest BCUT2D eigenvalue weighted by molar-refractivity contribution is 7.90. The van der Waals surface area contributed by atoms with Gasteiger partial charge in [-0.15, -0.1) is 4.72 Å². The lowest BCUT2D eigenvalue weighted by Gasteiger charge is -2.27. The molecule has 124 valence electrons. The van der Waals surface area contributed by atoms with Crippen LogP contribution in [0.1, 0.15) is 51.4 Å². The fourth-order valence-electron chi connectivity index (χ4n) is 1.68. The number of nitrogens with zero attached hydrogens (tertiary/aromatic N) is 1. The third-order valence-corrected chi connectivity index (χ3v) is 4.41. The molecule has 6 nitrogen and oxygen atoms in total. The molecule has 0 unspecified atom stereocenters. The number of rotatable bonds is 5. The van der Waals surface area contributed by atoms with Crippen LogP contribution in [0.3, 0.4) is 0 Å². The molecular weight excluding hydrogens is 316 g/mol. The maximum atomic E-state index is 13.3. The number of hydrogen-bond donors (Lipinski definition) is 3. The molecule has 3 N–H and O–H groups in total. The number of alkyl halides is 2. The molecule has 0 fully saturated rings. The van der Waals surface area contributed by atoms with Crippen LogP contribution >= 0.6 is 0 Å². The molecule has 9 heteroatoms. The van der Waals surface area contributed by atoms with Crippen LogP contribution in [0.15, 0.2) is 12.3 Å². The molecule has 0 bridgehead atoms. The molecule has 0 aliphatic carbocycles. The average molecular weight is 335 g/mol. The fraction of sp³-hybridized carbons (Fsp3) is 0.538. The van der Waals surface area contributed by atoms with Gasteiger partial charge in [0, 0.05) is 17.6 Å². The van der Waals surface area contributed by atoms with E-state index in [9.17, 15) is 18.1 Å². The Morgan fingerprint density at radius 3 is 2.50 bits per heavy atom. The minimum absolute atomic E-state index is 0.0427. The molecule has 22 heavy (non-hydrogen) atoms. The van der Waals surface area contributed by atoms with Gasteiger partial charge in [-0.1, -0.05) is 0 Å². The standard InChI is InChI=1S/C13H19F2N3O3S/c1-7(18-22(21)13(2,3)4)10-9(11(14)15)8(5-6-16-10)17-12(19)20/h5-7,11,18H,1-4H3,(H,16,17)(H,19,20)/t7-,22+/m1/s1. The molecule has 1 rings (SSSR count). The minimum Gasteiger partial charge on any atom is -0.598 e. The number of amides is 1. The van der Waals surface area contributed by atoms with Gasteiger partial charge in [-0.25, -0.2) is 13.6 Å². The van der Waals surface area contributed by atoms with Crippen LogP contribution in [-0.4, -0.2) is 25.5 Å². The number of carbonyl (C=O) groups is 1. The van der Waals surface area contributed by atoms with E-state index >= 15 is 0 Å². The summed E-state index contributed by atoms with van der Waals surface area (Å²) in [5.41, 5.74) is -0.794. The van der Waals surface area contributed by atoms with Gasteiger partial charge in [0.15, 0.2) is 0 Å². The highest BCUT2D eigenvalue weighted by Gasteiger charge is 2.31. The van der Waals surface area contributed by atoms with E-state index in [1.54, 1.807) is 27.7 Å². The van der Waals surface area contributed by atoms with Crippen LogP contribution in [0.25, 0.3) is 0 Å². The Hall–Kier alpha value is -1.45. The summed E-state index contributed by atoms with van der Waals surface area (Å²) < 4.78 is 40.8. The van der Waals surface area contributed by atoms with Crippen LogP contribution in [0.5, 0.6) is 0 Å². The SMILES string of the molecule is C[C@@H](N[S@@+]([O-])C(C)(C)C)c1nccc(NC(=O)O)c1C(F)F. The Morgan fingerprint density at radius 1 is 1.45 bits per heavy atom. The molecule has 0 aliphatic heterocycles. The van der Waals surface area contributed by atoms with Gasteiger partial charge in [0.2, 0.25) is 0 Å². The highest BCUT2D eigenvalue weighted by Crippen LogP contribution is 2.33. The summed E-state index contributed by atoms with van der Waals surface area (Å²) in [7, 11) is 0. The fourth-order valence-corrected chi connectivity index (χ4v) is 2.47. The number of aromatic nitrogens is 1. The van der Waals surface area contributed by atoms with E-state index < -0.39 is 40.2 Å². The Bertz CT molecular complexity index is 538. The Labute approximate surface area is 130 Å². The first kappa shape index (κ1) is 18.6. The molecule has 0 aliphatic rings. The largest absolute Gasteiger partial charge is 0.598 e. The van der Waals surface area contributed by atoms with Gasteiger partial charge in [-0.05, 0) is 33.8 Å². The summed E-state index contributed by atoms with van der Waals surface area (Å²) in [6.45, 7) is 6.77. The summed E-state index contributed by atoms with van der Waals surface area (Å²) in [6.07, 6.45) is -3.14. The van der Waals surface area contributed by atoms with Crippen LogP contribution in [0.2, 0.25) is 0 Å². The van der Waals surface area contributed by atoms with Crippen molar-refractivity contribution < 1.29 is 23.2 Å². The molecule has 0 saturated carbocycles. The zero-order valence-electron chi connectivity index (χ0n) is 12.7. The Balaban J connectivity index is 3.15. The molecule has 0 radical (unpaired) electrons. The molecule has 1 aromatic heterocycles. The Kier molecular flexibility index (Phi) is 6.09. The third kappa shape index (κ3) is 4.79. The first-order valence-corrected chi connectivity index (χ1v) is 7.64. The molecule has 2 atom stereocenters. The predicted octanol–water partition coefficient (Wildman–Crippen LogP) is 3.22. The molecular formula is C13H19F2N3O3S. The van der Waals surface area contributed by atoms with E-state index in [0.717, 1.165) is 6.07 Å². The van der Waals surface area contributed by atoms with Gasteiger partial charge in [0.1, 0.15) is 4.75 Å². The smallest absolute Gasteiger partial charge is 0.409 e. The van der Waals surface area contributed by atoms with E-state index in [-0.39, 0.29) is 11.4 Å². The normalized spacial score (nSPS) is 14.7. The van der Waals surface area contributed by atoms with Crippen LogP contribution in [0, 0.1) is 0 Å². The van der Waals surface area contributed by atoms with Gasteiger partial charge in [-0.3, -0.25) is 10.3 Å². The minimum atomic E-state index is -2.92. The van der Waals surface area contributed by atoms with Crippen molar-refractivity contribution in [1.29, 1.82) is 0 Å². The van der Waals surface area contributed by atoms with Crippen LogP contribution in [-0.2, 0) is 11.4 Å². The van der Waals surface area contributed by atoms with E-state index in [4.69, 9.17) is 5.11 Å². The lowest BCUT2D eigenvalue weighted by Crippen LogP contribution is -2.41. The quantitative estimate of drug-likeness (QED) is 0.718. The van der Waals surface area contributed by atoms with Crippen molar-refractivity contribution in [3.8, 4) is 0 Å². The molecule has 1 amide bonds. The van der Waals surface area contributed by atoms with Crippen molar-refractivity contribution in [1.82, 2.24) is 9.71 Å². The summed E-state index contributed by atoms with van der Waals surface area (Å²) in [5.74, 6) is 0. The number of pyridine rings is 1. The van der Waals surface area contributed by atoms with Gasteiger partial charge < -0.3 is 9.66 Å². The van der Waals surface area contributed by atoms with E-state index in [0.29, 0.717) is 0 Å². The van der Waals surface area contributed by atoms with Crippen molar-refractivity contribution in [3.05, 3.63) is 23.5 Å². The molecule has 1 aromatic rings. The maximum absolute atomic E-state index is 13.3. The number of anilines is 1. The number of halogens is 2. The Morgan fingerprint density at radius 2 is 2.05 bits per heavy atom. The van der Waals surface area contributed by atoms with Crippen LogP contribution in [0.4, 0.5) is 19.3 Å². The molecule has 0 saturated heterocycles. The first-order valence-electron chi connectivity index (χ1n) is 6.49. The predicted molar refractivity (Wildman–Crippen MR) is 80.3 cm³/mol. The summed E-state index contributed by atoms with van der Waals surface area (Å²) in [6, 6.07) is 0.423. The van der Waals surface area contributed by atoms with Crippen molar-refractivity contribution in [2.75, 3.05) is 5.32 Å². The van der Waals surface area contributed by atoms with Crippen molar-refractivity contribution in [2.45, 2.75) is 44.9 Å². The van der Waals surface area contributed by atoms with Crippen molar-refractivity contribution >= 4 is 23.1 Å². The molecule has 0 aromatic carbocycles. The van der Waals surface area contributed by atoms with Crippen molar-refractivity contribution in [3.63, 3.8) is 0 Å². The summed E-state index contributed by atoms with van der Waals surface area (Å²) in [4.78, 5) is 14.6. The highest BCUT2D eigenvalue weighted by atomic mass is 32.2. The van der Waals surface area contributed by atoms with Gasteiger partial charge in [0.05, 0.1) is 23.0 Å². The van der Waals surface area contributed by atoms with Gasteiger partial charge in [0.25, 0.3) is 6.43 Å². The number of carboxylic acid groups (broad SMARTS) is 1. The third-order valence-electron chi connectivity index (χ3n) is 2.73. The second-order valence-electron chi connectivity index (χ2n) is 5.61. The second-order valence-corrected chi connectivity index (χ2v) is 7.61. The van der Waals surface area contributed by atoms with Gasteiger partial charge >= 0.3 is 6.09 Å². The van der Waals surface area contributed by atoms with Crippen LogP contribution < -0.4 is 10.0 Å². The summed E-state index contributed by atoms with van der Waals surface area (Å²) in [5, 5.41) is 10.6. The van der Waals surface area contributed by atoms with E-state index in [1.807, 2.05) is 5.32 Å². The lowest BCUT2D eigenvalue weighted by atomic mass is 10.1.